The molecule has 0 aliphatic heterocycles. The van der Waals surface area contributed by atoms with Crippen LogP contribution in [0.25, 0.3) is 10.9 Å². The number of hydrogen-bond donors (Lipinski definition) is 2. The normalized spacial score (nSPS) is 10.8. The first-order valence-electron chi connectivity index (χ1n) is 10.9. The zero-order valence-corrected chi connectivity index (χ0v) is 20.5. The second-order valence-corrected chi connectivity index (χ2v) is 8.52. The van der Waals surface area contributed by atoms with Crippen molar-refractivity contribution in [2.45, 2.75) is 13.5 Å². The molecule has 2 aromatic carbocycles. The van der Waals surface area contributed by atoms with Gasteiger partial charge in [0.1, 0.15) is 0 Å². The van der Waals surface area contributed by atoms with Gasteiger partial charge in [-0.1, -0.05) is 23.7 Å². The first-order chi connectivity index (χ1) is 17.2. The molecule has 0 unspecified atom stereocenters. The number of ketones is 1. The van der Waals surface area contributed by atoms with Crippen LogP contribution in [0.1, 0.15) is 21.6 Å². The van der Waals surface area contributed by atoms with Crippen molar-refractivity contribution in [1.82, 2.24) is 9.55 Å². The number of aromatic nitrogens is 2. The van der Waals surface area contributed by atoms with Gasteiger partial charge in [-0.3, -0.25) is 14.5 Å². The summed E-state index contributed by atoms with van der Waals surface area (Å²) in [5, 5.41) is 13.1. The zero-order chi connectivity index (χ0) is 26.0. The molecule has 9 nitrogen and oxygen atoms in total. The minimum atomic E-state index is -1.15. The van der Waals surface area contributed by atoms with Gasteiger partial charge in [-0.25, -0.2) is 9.78 Å². The lowest BCUT2D eigenvalue weighted by atomic mass is 10.1. The van der Waals surface area contributed by atoms with Crippen molar-refractivity contribution in [3.05, 3.63) is 82.6 Å². The number of carboxylic acid groups (broad SMARTS) is 1. The molecular formula is C26H23ClN4O5. The van der Waals surface area contributed by atoms with Crippen molar-refractivity contribution in [1.29, 1.82) is 0 Å². The van der Waals surface area contributed by atoms with E-state index in [1.165, 1.54) is 26.4 Å². The smallest absolute Gasteiger partial charge is 0.411 e. The Bertz CT molecular complexity index is 1480. The maximum atomic E-state index is 13.4. The summed E-state index contributed by atoms with van der Waals surface area (Å²) >= 11 is 6.02. The number of nitrogens with one attached hydrogen (secondary N) is 1. The van der Waals surface area contributed by atoms with Gasteiger partial charge in [-0.15, -0.1) is 0 Å². The van der Waals surface area contributed by atoms with Gasteiger partial charge in [0, 0.05) is 58.8 Å². The van der Waals surface area contributed by atoms with E-state index in [1.807, 2.05) is 16.7 Å². The van der Waals surface area contributed by atoms with E-state index < -0.39 is 17.8 Å². The molecule has 0 atom stereocenters. The number of fused-ring (bicyclic) bond motifs is 1. The second-order valence-electron chi connectivity index (χ2n) is 8.09. The third-order valence-electron chi connectivity index (χ3n) is 5.87. The molecule has 2 N–H and O–H groups in total. The monoisotopic (exact) mass is 506 g/mol. The van der Waals surface area contributed by atoms with Crippen LogP contribution in [-0.2, 0) is 11.3 Å². The highest BCUT2D eigenvalue weighted by molar-refractivity contribution is 6.48. The third-order valence-corrected chi connectivity index (χ3v) is 6.12. The number of halogens is 1. The molecule has 4 rings (SSSR count). The lowest BCUT2D eigenvalue weighted by molar-refractivity contribution is -0.112. The maximum Gasteiger partial charge on any atom is 0.411 e. The van der Waals surface area contributed by atoms with Gasteiger partial charge in [0.05, 0.1) is 12.7 Å². The van der Waals surface area contributed by atoms with Crippen molar-refractivity contribution >= 4 is 51.7 Å². The molecule has 0 spiro atoms. The summed E-state index contributed by atoms with van der Waals surface area (Å²) in [7, 11) is 2.86. The van der Waals surface area contributed by atoms with Gasteiger partial charge < -0.3 is 19.7 Å². The number of anilines is 2. The fourth-order valence-electron chi connectivity index (χ4n) is 3.95. The van der Waals surface area contributed by atoms with Gasteiger partial charge in [0.15, 0.2) is 0 Å². The van der Waals surface area contributed by atoms with Crippen molar-refractivity contribution in [2.24, 2.45) is 0 Å². The Morgan fingerprint density at radius 3 is 2.50 bits per heavy atom. The summed E-state index contributed by atoms with van der Waals surface area (Å²) in [5.74, 6) is -1.30. The molecule has 0 aliphatic carbocycles. The van der Waals surface area contributed by atoms with Crippen LogP contribution in [0.2, 0.25) is 5.02 Å². The van der Waals surface area contributed by atoms with E-state index in [9.17, 15) is 19.5 Å². The average molecular weight is 507 g/mol. The molecule has 184 valence electrons. The van der Waals surface area contributed by atoms with Crippen molar-refractivity contribution in [3.63, 3.8) is 0 Å². The summed E-state index contributed by atoms with van der Waals surface area (Å²) in [5.41, 5.74) is 3.12. The number of hydrogen-bond acceptors (Lipinski definition) is 5. The lowest BCUT2D eigenvalue weighted by Gasteiger charge is -2.14. The summed E-state index contributed by atoms with van der Waals surface area (Å²) in [6, 6.07) is 15.4. The van der Waals surface area contributed by atoms with Crippen LogP contribution >= 0.6 is 11.6 Å². The average Bonchev–Trinajstić information content (AvgIpc) is 3.14. The third kappa shape index (κ3) is 4.87. The van der Waals surface area contributed by atoms with Crippen LogP contribution in [0.15, 0.2) is 60.8 Å². The predicted octanol–water partition coefficient (Wildman–Crippen LogP) is 4.99. The van der Waals surface area contributed by atoms with E-state index in [4.69, 9.17) is 16.3 Å². The molecule has 0 radical (unpaired) electrons. The van der Waals surface area contributed by atoms with Crippen molar-refractivity contribution in [3.8, 4) is 5.88 Å². The van der Waals surface area contributed by atoms with E-state index in [1.54, 1.807) is 43.3 Å². The van der Waals surface area contributed by atoms with E-state index in [2.05, 4.69) is 10.3 Å². The molecule has 10 heteroatoms. The number of pyridine rings is 1. The topological polar surface area (TPSA) is 114 Å². The number of nitrogens with zero attached hydrogens (tertiary/aromatic N) is 3. The number of Topliss-reactive ketones (excluding diaryl/α,β-unsaturated/α-hetero) is 1. The standard InChI is InChI=1S/C26H23ClN4O5/c1-15-23(24(32)25(33)29-18-10-11-28-22(12-18)36-3)20-13-19(30(2)26(34)35)8-9-21(20)31(15)14-16-4-6-17(27)7-5-16/h4-13H,14H2,1-3H3,(H,34,35)(H,28,29,33). The van der Waals surface area contributed by atoms with E-state index in [0.29, 0.717) is 39.5 Å². The fourth-order valence-corrected chi connectivity index (χ4v) is 4.08. The Kier molecular flexibility index (Phi) is 6.93. The van der Waals surface area contributed by atoms with Gasteiger partial charge in [0.25, 0.3) is 11.7 Å². The predicted molar refractivity (Wildman–Crippen MR) is 137 cm³/mol. The SMILES string of the molecule is COc1cc(NC(=O)C(=O)c2c(C)n(Cc3ccc(Cl)cc3)c3ccc(N(C)C(=O)O)cc23)ccn1. The fraction of sp³-hybridized carbons (Fsp3) is 0.154. The molecule has 0 saturated carbocycles. The summed E-state index contributed by atoms with van der Waals surface area (Å²) in [6.45, 7) is 2.18. The number of methoxy groups -OCH3 is 1. The highest BCUT2D eigenvalue weighted by Gasteiger charge is 2.26. The minimum absolute atomic E-state index is 0.193. The van der Waals surface area contributed by atoms with E-state index in [0.717, 1.165) is 10.5 Å². The Morgan fingerprint density at radius 1 is 1.11 bits per heavy atom. The number of amides is 2. The lowest BCUT2D eigenvalue weighted by Crippen LogP contribution is -2.24. The Hall–Kier alpha value is -4.37. The Morgan fingerprint density at radius 2 is 1.83 bits per heavy atom. The van der Waals surface area contributed by atoms with E-state index >= 15 is 0 Å². The summed E-state index contributed by atoms with van der Waals surface area (Å²) in [6.07, 6.45) is 0.305. The molecule has 0 saturated heterocycles. The molecule has 2 amide bonds. The molecule has 4 aromatic rings. The molecule has 36 heavy (non-hydrogen) atoms. The molecule has 0 fully saturated rings. The summed E-state index contributed by atoms with van der Waals surface area (Å²) < 4.78 is 6.98. The van der Waals surface area contributed by atoms with Crippen LogP contribution in [-0.4, -0.2) is 46.6 Å². The Labute approximate surface area is 211 Å². The van der Waals surface area contributed by atoms with Crippen molar-refractivity contribution < 1.29 is 24.2 Å². The number of rotatable bonds is 7. The first kappa shape index (κ1) is 24.7. The number of carbonyl (C=O) groups excluding carboxylic acids is 2. The van der Waals surface area contributed by atoms with Gasteiger partial charge in [-0.05, 0) is 48.9 Å². The van der Waals surface area contributed by atoms with Gasteiger partial charge >= 0.3 is 6.09 Å². The van der Waals surface area contributed by atoms with E-state index in [-0.39, 0.29) is 11.4 Å². The van der Waals surface area contributed by atoms with Crippen LogP contribution in [0, 0.1) is 6.92 Å². The largest absolute Gasteiger partial charge is 0.481 e. The number of carbonyl (C=O) groups is 3. The zero-order valence-electron chi connectivity index (χ0n) is 19.8. The summed E-state index contributed by atoms with van der Waals surface area (Å²) in [4.78, 5) is 43.0. The minimum Gasteiger partial charge on any atom is -0.481 e. The molecule has 0 bridgehead atoms. The van der Waals surface area contributed by atoms with Crippen molar-refractivity contribution in [2.75, 3.05) is 24.4 Å². The molecule has 0 aliphatic rings. The van der Waals surface area contributed by atoms with Crippen LogP contribution in [0.4, 0.5) is 16.2 Å². The number of ether oxygens (including phenoxy) is 1. The first-order valence-corrected chi connectivity index (χ1v) is 11.3. The van der Waals surface area contributed by atoms with Crippen LogP contribution < -0.4 is 15.0 Å². The van der Waals surface area contributed by atoms with Gasteiger partial charge in [-0.2, -0.15) is 0 Å². The molecular weight excluding hydrogens is 484 g/mol. The second kappa shape index (κ2) is 10.1. The Balaban J connectivity index is 1.79. The highest BCUT2D eigenvalue weighted by Crippen LogP contribution is 2.31. The van der Waals surface area contributed by atoms with Crippen LogP contribution in [0.3, 0.4) is 0 Å². The quantitative estimate of drug-likeness (QED) is 0.269. The number of benzene rings is 2. The molecule has 2 heterocycles. The van der Waals surface area contributed by atoms with Crippen LogP contribution in [0.5, 0.6) is 5.88 Å². The highest BCUT2D eigenvalue weighted by atomic mass is 35.5. The molecule has 2 aromatic heterocycles. The van der Waals surface area contributed by atoms with Gasteiger partial charge in [0.2, 0.25) is 5.88 Å². The maximum absolute atomic E-state index is 13.4.